The molecule has 2 heterocycles. The molecule has 0 bridgehead atoms. The fourth-order valence-corrected chi connectivity index (χ4v) is 1.94. The number of rotatable bonds is 0. The average Bonchev–Trinajstić information content (AvgIpc) is 2.28. The largest absolute Gasteiger partial charge is 0.377 e. The molecule has 0 aliphatic carbocycles. The number of fused-ring (bicyclic) bond motifs is 1. The van der Waals surface area contributed by atoms with Gasteiger partial charge in [0.25, 0.3) is 0 Å². The summed E-state index contributed by atoms with van der Waals surface area (Å²) in [5.74, 6) is 0.822. The quantitative estimate of drug-likeness (QED) is 0.538. The molecule has 2 fully saturated rings. The molecule has 0 radical (unpaired) electrons. The van der Waals surface area contributed by atoms with E-state index < -0.39 is 0 Å². The van der Waals surface area contributed by atoms with Crippen LogP contribution in [0, 0.1) is 5.92 Å². The molecule has 2 heteroatoms. The molecule has 0 amide bonds. The van der Waals surface area contributed by atoms with Gasteiger partial charge in [0.15, 0.2) is 0 Å². The van der Waals surface area contributed by atoms with E-state index in [9.17, 15) is 0 Å². The van der Waals surface area contributed by atoms with Crippen LogP contribution in [0.4, 0.5) is 0 Å². The first-order chi connectivity index (χ1) is 4.97. The van der Waals surface area contributed by atoms with Gasteiger partial charge in [-0.1, -0.05) is 6.42 Å². The summed E-state index contributed by atoms with van der Waals surface area (Å²) in [7, 11) is 0. The van der Waals surface area contributed by atoms with Crippen molar-refractivity contribution in [2.45, 2.75) is 25.4 Å². The molecule has 0 aromatic carbocycles. The summed E-state index contributed by atoms with van der Waals surface area (Å²) in [6.07, 6.45) is 4.55. The summed E-state index contributed by atoms with van der Waals surface area (Å²) in [5, 5.41) is 3.37. The Balaban J connectivity index is 1.95. The highest BCUT2D eigenvalue weighted by Gasteiger charge is 2.28. The van der Waals surface area contributed by atoms with Gasteiger partial charge in [-0.3, -0.25) is 0 Å². The molecule has 0 saturated carbocycles. The number of ether oxygens (including phenoxy) is 1. The van der Waals surface area contributed by atoms with Crippen LogP contribution in [0.2, 0.25) is 0 Å². The molecule has 2 nitrogen and oxygen atoms in total. The highest BCUT2D eigenvalue weighted by atomic mass is 16.5. The van der Waals surface area contributed by atoms with Gasteiger partial charge in [-0.2, -0.15) is 0 Å². The van der Waals surface area contributed by atoms with Crippen LogP contribution in [0.3, 0.4) is 0 Å². The minimum Gasteiger partial charge on any atom is -0.377 e. The second-order valence-electron chi connectivity index (χ2n) is 3.32. The third kappa shape index (κ3) is 1.18. The first kappa shape index (κ1) is 6.62. The van der Waals surface area contributed by atoms with Crippen LogP contribution in [-0.2, 0) is 4.74 Å². The zero-order chi connectivity index (χ0) is 6.81. The Labute approximate surface area is 61.9 Å². The zero-order valence-electron chi connectivity index (χ0n) is 6.31. The number of hydrogen-bond acceptors (Lipinski definition) is 2. The molecule has 2 atom stereocenters. The van der Waals surface area contributed by atoms with E-state index in [1.165, 1.54) is 25.8 Å². The molecule has 0 aromatic heterocycles. The van der Waals surface area contributed by atoms with Crippen LogP contribution in [-0.4, -0.2) is 25.8 Å². The van der Waals surface area contributed by atoms with Crippen molar-refractivity contribution < 1.29 is 4.74 Å². The van der Waals surface area contributed by atoms with Gasteiger partial charge in [0.2, 0.25) is 0 Å². The fourth-order valence-electron chi connectivity index (χ4n) is 1.94. The average molecular weight is 141 g/mol. The van der Waals surface area contributed by atoms with E-state index in [1.54, 1.807) is 0 Å². The van der Waals surface area contributed by atoms with Gasteiger partial charge in [-0.15, -0.1) is 0 Å². The molecule has 10 heavy (non-hydrogen) atoms. The Kier molecular flexibility index (Phi) is 1.91. The fraction of sp³-hybridized carbons (Fsp3) is 1.00. The lowest BCUT2D eigenvalue weighted by atomic mass is 10.0. The van der Waals surface area contributed by atoms with Crippen molar-refractivity contribution in [2.24, 2.45) is 5.92 Å². The van der Waals surface area contributed by atoms with Crippen LogP contribution in [0.15, 0.2) is 0 Å². The zero-order valence-corrected chi connectivity index (χ0v) is 6.31. The van der Waals surface area contributed by atoms with E-state index in [0.29, 0.717) is 6.10 Å². The third-order valence-electron chi connectivity index (χ3n) is 2.58. The van der Waals surface area contributed by atoms with E-state index in [1.807, 2.05) is 0 Å². The Morgan fingerprint density at radius 2 is 2.20 bits per heavy atom. The summed E-state index contributed by atoms with van der Waals surface area (Å²) in [6, 6.07) is 0. The maximum absolute atomic E-state index is 5.66. The van der Waals surface area contributed by atoms with Gasteiger partial charge in [-0.05, 0) is 18.8 Å². The topological polar surface area (TPSA) is 21.3 Å². The molecular weight excluding hydrogens is 126 g/mol. The minimum atomic E-state index is 0.544. The minimum absolute atomic E-state index is 0.544. The van der Waals surface area contributed by atoms with E-state index in [0.717, 1.165) is 19.1 Å². The first-order valence-corrected chi connectivity index (χ1v) is 4.29. The Bertz CT molecular complexity index is 104. The predicted octanol–water partition coefficient (Wildman–Crippen LogP) is 0.775. The smallest absolute Gasteiger partial charge is 0.0739 e. The van der Waals surface area contributed by atoms with E-state index in [4.69, 9.17) is 4.74 Å². The Hall–Kier alpha value is -0.0800. The highest BCUT2D eigenvalue weighted by molar-refractivity contribution is 4.83. The van der Waals surface area contributed by atoms with Crippen molar-refractivity contribution in [3.63, 3.8) is 0 Å². The summed E-state index contributed by atoms with van der Waals surface area (Å²) < 4.78 is 5.66. The number of nitrogens with one attached hydrogen (secondary N) is 1. The van der Waals surface area contributed by atoms with Gasteiger partial charge < -0.3 is 10.1 Å². The van der Waals surface area contributed by atoms with Crippen molar-refractivity contribution in [3.05, 3.63) is 0 Å². The van der Waals surface area contributed by atoms with Crippen molar-refractivity contribution >= 4 is 0 Å². The molecular formula is C8H15NO. The van der Waals surface area contributed by atoms with Gasteiger partial charge >= 0.3 is 0 Å². The Morgan fingerprint density at radius 3 is 3.20 bits per heavy atom. The van der Waals surface area contributed by atoms with Gasteiger partial charge in [0.05, 0.1) is 6.10 Å². The first-order valence-electron chi connectivity index (χ1n) is 4.29. The molecule has 2 unspecified atom stereocenters. The second-order valence-corrected chi connectivity index (χ2v) is 3.32. The molecule has 2 aliphatic rings. The summed E-state index contributed by atoms with van der Waals surface area (Å²) >= 11 is 0. The van der Waals surface area contributed by atoms with Gasteiger partial charge in [0.1, 0.15) is 0 Å². The Morgan fingerprint density at radius 1 is 1.20 bits per heavy atom. The molecule has 2 aliphatic heterocycles. The summed E-state index contributed by atoms with van der Waals surface area (Å²) in [5.41, 5.74) is 0. The summed E-state index contributed by atoms with van der Waals surface area (Å²) in [4.78, 5) is 0. The predicted molar refractivity (Wildman–Crippen MR) is 40.0 cm³/mol. The maximum Gasteiger partial charge on any atom is 0.0739 e. The second kappa shape index (κ2) is 2.89. The lowest BCUT2D eigenvalue weighted by Gasteiger charge is -2.13. The van der Waals surface area contributed by atoms with E-state index in [2.05, 4.69) is 5.32 Å². The molecule has 2 saturated heterocycles. The van der Waals surface area contributed by atoms with Crippen molar-refractivity contribution in [3.8, 4) is 0 Å². The van der Waals surface area contributed by atoms with Gasteiger partial charge in [0, 0.05) is 19.7 Å². The summed E-state index contributed by atoms with van der Waals surface area (Å²) in [6.45, 7) is 3.26. The SMILES string of the molecule is C1CCC2CNCC2OC1. The van der Waals surface area contributed by atoms with E-state index in [-0.39, 0.29) is 0 Å². The van der Waals surface area contributed by atoms with Gasteiger partial charge in [-0.25, -0.2) is 0 Å². The van der Waals surface area contributed by atoms with Crippen LogP contribution in [0.25, 0.3) is 0 Å². The van der Waals surface area contributed by atoms with Crippen LogP contribution in [0.1, 0.15) is 19.3 Å². The van der Waals surface area contributed by atoms with Crippen LogP contribution >= 0.6 is 0 Å². The highest BCUT2D eigenvalue weighted by Crippen LogP contribution is 2.22. The molecule has 0 spiro atoms. The van der Waals surface area contributed by atoms with Crippen molar-refractivity contribution in [1.29, 1.82) is 0 Å². The monoisotopic (exact) mass is 141 g/mol. The normalized spacial score (nSPS) is 40.8. The van der Waals surface area contributed by atoms with E-state index >= 15 is 0 Å². The lowest BCUT2D eigenvalue weighted by molar-refractivity contribution is 0.0514. The van der Waals surface area contributed by atoms with Crippen molar-refractivity contribution in [1.82, 2.24) is 5.32 Å². The van der Waals surface area contributed by atoms with Crippen LogP contribution in [0.5, 0.6) is 0 Å². The maximum atomic E-state index is 5.66. The molecule has 2 rings (SSSR count). The lowest BCUT2D eigenvalue weighted by Crippen LogP contribution is -2.20. The molecule has 0 aromatic rings. The van der Waals surface area contributed by atoms with Crippen molar-refractivity contribution in [2.75, 3.05) is 19.7 Å². The third-order valence-corrected chi connectivity index (χ3v) is 2.58. The van der Waals surface area contributed by atoms with Crippen LogP contribution < -0.4 is 5.32 Å². The number of hydrogen-bond donors (Lipinski definition) is 1. The molecule has 58 valence electrons. The molecule has 1 N–H and O–H groups in total. The standard InChI is InChI=1S/C8H15NO/c1-2-4-10-8-6-9-5-7(8)3-1/h7-9H,1-6H2.